The van der Waals surface area contributed by atoms with Gasteiger partial charge in [0.15, 0.2) is 0 Å². The summed E-state index contributed by atoms with van der Waals surface area (Å²) in [5, 5.41) is 9.44. The molecule has 0 radical (unpaired) electrons. The van der Waals surface area contributed by atoms with Gasteiger partial charge in [0.25, 0.3) is 0 Å². The summed E-state index contributed by atoms with van der Waals surface area (Å²) in [6.07, 6.45) is 3.56. The lowest BCUT2D eigenvalue weighted by Crippen LogP contribution is -2.26. The zero-order chi connectivity index (χ0) is 10.8. The van der Waals surface area contributed by atoms with Crippen molar-refractivity contribution < 1.29 is 4.52 Å². The van der Waals surface area contributed by atoms with Gasteiger partial charge in [-0.05, 0) is 30.8 Å². The molecule has 3 heterocycles. The van der Waals surface area contributed by atoms with Crippen LogP contribution in [0.2, 0.25) is 0 Å². The zero-order valence-corrected chi connectivity index (χ0v) is 9.67. The normalized spacial score (nSPS) is 21.1. The van der Waals surface area contributed by atoms with Crippen molar-refractivity contribution in [3.8, 4) is 10.7 Å². The molecule has 1 N–H and O–H groups in total. The third-order valence-corrected chi connectivity index (χ3v) is 3.66. The van der Waals surface area contributed by atoms with E-state index in [2.05, 4.69) is 15.5 Å². The lowest BCUT2D eigenvalue weighted by molar-refractivity contribution is 0.297. The van der Waals surface area contributed by atoms with Crippen LogP contribution in [0.15, 0.2) is 22.0 Å². The van der Waals surface area contributed by atoms with Crippen LogP contribution >= 0.6 is 11.3 Å². The van der Waals surface area contributed by atoms with E-state index in [1.165, 1.54) is 12.8 Å². The van der Waals surface area contributed by atoms with Gasteiger partial charge in [-0.15, -0.1) is 11.3 Å². The number of hydrogen-bond donors (Lipinski definition) is 1. The Kier molecular flexibility index (Phi) is 2.71. The fourth-order valence-corrected chi connectivity index (χ4v) is 2.59. The molecule has 0 bridgehead atoms. The third kappa shape index (κ3) is 1.88. The lowest BCUT2D eigenvalue weighted by atomic mass is 10.1. The molecule has 1 unspecified atom stereocenters. The highest BCUT2D eigenvalue weighted by atomic mass is 32.1. The molecule has 1 aliphatic rings. The Balaban J connectivity index is 1.82. The summed E-state index contributed by atoms with van der Waals surface area (Å²) in [7, 11) is 0. The maximum Gasteiger partial charge on any atom is 0.244 e. The highest BCUT2D eigenvalue weighted by Crippen LogP contribution is 2.26. The van der Waals surface area contributed by atoms with Gasteiger partial charge in [0.2, 0.25) is 11.7 Å². The van der Waals surface area contributed by atoms with E-state index in [0.717, 1.165) is 23.7 Å². The summed E-state index contributed by atoms with van der Waals surface area (Å²) in [4.78, 5) is 5.51. The first-order valence-corrected chi connectivity index (χ1v) is 6.42. The fourth-order valence-electron chi connectivity index (χ4n) is 1.95. The van der Waals surface area contributed by atoms with Crippen LogP contribution in [-0.2, 0) is 0 Å². The molecule has 0 saturated carbocycles. The highest BCUT2D eigenvalue weighted by molar-refractivity contribution is 7.13. The van der Waals surface area contributed by atoms with Gasteiger partial charge in [0.1, 0.15) is 0 Å². The minimum atomic E-state index is 0.245. The molecular weight excluding hydrogens is 222 g/mol. The molecule has 84 valence electrons. The van der Waals surface area contributed by atoms with Crippen LogP contribution in [0.4, 0.5) is 0 Å². The molecule has 0 spiro atoms. The van der Waals surface area contributed by atoms with Gasteiger partial charge in [-0.3, -0.25) is 0 Å². The van der Waals surface area contributed by atoms with Gasteiger partial charge in [0.05, 0.1) is 10.9 Å². The monoisotopic (exact) mass is 235 g/mol. The predicted molar refractivity (Wildman–Crippen MR) is 62.2 cm³/mol. The van der Waals surface area contributed by atoms with Crippen LogP contribution in [-0.4, -0.2) is 16.7 Å². The Morgan fingerprint density at radius 3 is 3.19 bits per heavy atom. The summed E-state index contributed by atoms with van der Waals surface area (Å²) in [5.41, 5.74) is 0. The molecule has 0 aliphatic carbocycles. The number of nitrogens with zero attached hydrogens (tertiary/aromatic N) is 2. The number of hydrogen-bond acceptors (Lipinski definition) is 5. The van der Waals surface area contributed by atoms with Crippen LogP contribution < -0.4 is 5.32 Å². The first-order chi connectivity index (χ1) is 7.93. The van der Waals surface area contributed by atoms with Crippen LogP contribution in [0.3, 0.4) is 0 Å². The number of nitrogens with one attached hydrogen (secondary N) is 1. The largest absolute Gasteiger partial charge is 0.337 e. The van der Waals surface area contributed by atoms with E-state index < -0.39 is 0 Å². The first-order valence-electron chi connectivity index (χ1n) is 5.54. The molecule has 3 rings (SSSR count). The second-order valence-corrected chi connectivity index (χ2v) is 4.88. The maximum atomic E-state index is 5.31. The second kappa shape index (κ2) is 4.35. The minimum Gasteiger partial charge on any atom is -0.337 e. The van der Waals surface area contributed by atoms with E-state index in [1.807, 2.05) is 17.5 Å². The molecule has 1 aliphatic heterocycles. The number of piperidine rings is 1. The van der Waals surface area contributed by atoms with E-state index in [1.54, 1.807) is 11.3 Å². The Hall–Kier alpha value is -1.20. The zero-order valence-electron chi connectivity index (χ0n) is 8.85. The van der Waals surface area contributed by atoms with Crippen LogP contribution in [0.25, 0.3) is 10.7 Å². The summed E-state index contributed by atoms with van der Waals surface area (Å²) < 4.78 is 5.31. The van der Waals surface area contributed by atoms with E-state index >= 15 is 0 Å². The molecule has 1 saturated heterocycles. The summed E-state index contributed by atoms with van der Waals surface area (Å²) in [6.45, 7) is 1.04. The lowest BCUT2D eigenvalue weighted by Gasteiger charge is -2.19. The summed E-state index contributed by atoms with van der Waals surface area (Å²) in [5.74, 6) is 1.43. The quantitative estimate of drug-likeness (QED) is 0.869. The van der Waals surface area contributed by atoms with Crippen LogP contribution in [0, 0.1) is 0 Å². The average Bonchev–Trinajstić information content (AvgIpc) is 3.01. The van der Waals surface area contributed by atoms with Crippen molar-refractivity contribution in [3.05, 3.63) is 23.4 Å². The minimum absolute atomic E-state index is 0.245. The van der Waals surface area contributed by atoms with Crippen molar-refractivity contribution in [2.75, 3.05) is 6.54 Å². The van der Waals surface area contributed by atoms with Gasteiger partial charge < -0.3 is 9.84 Å². The molecule has 4 nitrogen and oxygen atoms in total. The Labute approximate surface area is 97.7 Å². The second-order valence-electron chi connectivity index (χ2n) is 3.94. The van der Waals surface area contributed by atoms with E-state index in [9.17, 15) is 0 Å². The fraction of sp³-hybridized carbons (Fsp3) is 0.455. The topological polar surface area (TPSA) is 51.0 Å². The molecule has 5 heteroatoms. The van der Waals surface area contributed by atoms with Crippen molar-refractivity contribution in [1.82, 2.24) is 15.5 Å². The summed E-state index contributed by atoms with van der Waals surface area (Å²) in [6, 6.07) is 4.25. The standard InChI is InChI=1S/C11H13N3OS/c1-2-6-12-8(4-1)11-13-10(14-15-11)9-5-3-7-16-9/h3,5,7-8,12H,1-2,4,6H2. The van der Waals surface area contributed by atoms with Crippen molar-refractivity contribution >= 4 is 11.3 Å². The molecule has 2 aromatic heterocycles. The Morgan fingerprint density at radius 1 is 1.44 bits per heavy atom. The first kappa shape index (κ1) is 9.99. The van der Waals surface area contributed by atoms with Crippen LogP contribution in [0.5, 0.6) is 0 Å². The highest BCUT2D eigenvalue weighted by Gasteiger charge is 2.21. The molecule has 0 amide bonds. The van der Waals surface area contributed by atoms with Gasteiger partial charge in [-0.1, -0.05) is 17.6 Å². The van der Waals surface area contributed by atoms with E-state index in [4.69, 9.17) is 4.52 Å². The van der Waals surface area contributed by atoms with Crippen molar-refractivity contribution in [2.45, 2.75) is 25.3 Å². The smallest absolute Gasteiger partial charge is 0.244 e. The maximum absolute atomic E-state index is 5.31. The van der Waals surface area contributed by atoms with Gasteiger partial charge in [-0.2, -0.15) is 4.98 Å². The molecule has 1 fully saturated rings. The number of thiophene rings is 1. The number of rotatable bonds is 2. The van der Waals surface area contributed by atoms with E-state index in [-0.39, 0.29) is 6.04 Å². The van der Waals surface area contributed by atoms with Crippen LogP contribution in [0.1, 0.15) is 31.2 Å². The number of aromatic nitrogens is 2. The SMILES string of the molecule is c1csc(-c2noc(C3CCCCN3)n2)c1. The van der Waals surface area contributed by atoms with Gasteiger partial charge in [-0.25, -0.2) is 0 Å². The van der Waals surface area contributed by atoms with Crippen molar-refractivity contribution in [3.63, 3.8) is 0 Å². The Morgan fingerprint density at radius 2 is 2.44 bits per heavy atom. The molecule has 16 heavy (non-hydrogen) atoms. The van der Waals surface area contributed by atoms with Gasteiger partial charge >= 0.3 is 0 Å². The molecule has 1 atom stereocenters. The van der Waals surface area contributed by atoms with Crippen molar-refractivity contribution in [2.24, 2.45) is 0 Å². The Bertz CT molecular complexity index is 446. The molecule has 0 aromatic carbocycles. The van der Waals surface area contributed by atoms with Crippen molar-refractivity contribution in [1.29, 1.82) is 0 Å². The third-order valence-electron chi connectivity index (χ3n) is 2.79. The predicted octanol–water partition coefficient (Wildman–Crippen LogP) is 2.61. The summed E-state index contributed by atoms with van der Waals surface area (Å²) >= 11 is 1.63. The molecular formula is C11H13N3OS. The molecule has 2 aromatic rings. The van der Waals surface area contributed by atoms with E-state index in [0.29, 0.717) is 5.82 Å². The average molecular weight is 235 g/mol. The van der Waals surface area contributed by atoms with Gasteiger partial charge in [0, 0.05) is 0 Å².